The molecule has 1 heterocycles. The van der Waals surface area contributed by atoms with E-state index in [1.165, 1.54) is 83.5 Å². The number of rotatable bonds is 11. The van der Waals surface area contributed by atoms with Crippen LogP contribution in [0.5, 0.6) is 0 Å². The Morgan fingerprint density at radius 2 is 1.69 bits per heavy atom. The number of benzene rings is 2. The third-order valence-corrected chi connectivity index (χ3v) is 7.54. The highest BCUT2D eigenvalue weighted by atomic mass is 16.5. The lowest BCUT2D eigenvalue weighted by Crippen LogP contribution is -2.22. The topological polar surface area (TPSA) is 25.0 Å². The second kappa shape index (κ2) is 11.6. The van der Waals surface area contributed by atoms with Gasteiger partial charge in [-0.2, -0.15) is 0 Å². The van der Waals surface area contributed by atoms with Gasteiger partial charge in [0.2, 0.25) is 0 Å². The van der Waals surface area contributed by atoms with Crippen molar-refractivity contribution in [2.45, 2.75) is 83.7 Å². The van der Waals surface area contributed by atoms with Crippen LogP contribution in [-0.2, 0) is 30.6 Å². The molecule has 2 aliphatic carbocycles. The molecular weight excluding hydrogens is 426 g/mol. The van der Waals surface area contributed by atoms with Gasteiger partial charge < -0.3 is 9.72 Å². The minimum atomic E-state index is 0.389. The van der Waals surface area contributed by atoms with Crippen LogP contribution in [0, 0.1) is 0 Å². The number of nitrogens with one attached hydrogen (secondary N) is 1. The number of aryl methyl sites for hydroxylation is 1. The highest BCUT2D eigenvalue weighted by molar-refractivity contribution is 5.58. The van der Waals surface area contributed by atoms with Crippen molar-refractivity contribution in [1.82, 2.24) is 4.98 Å². The first-order chi connectivity index (χ1) is 17.3. The molecule has 1 N–H and O–H groups in total. The summed E-state index contributed by atoms with van der Waals surface area (Å²) in [6, 6.07) is 19.8. The maximum atomic E-state index is 6.33. The van der Waals surface area contributed by atoms with Crippen LogP contribution in [-0.4, -0.2) is 4.98 Å². The minimum absolute atomic E-state index is 0.389. The van der Waals surface area contributed by atoms with Crippen molar-refractivity contribution in [3.05, 3.63) is 105 Å². The van der Waals surface area contributed by atoms with E-state index in [9.17, 15) is 0 Å². The lowest BCUT2D eigenvalue weighted by atomic mass is 9.85. The summed E-state index contributed by atoms with van der Waals surface area (Å²) in [5.74, 6) is 1.36. The number of ether oxygens (including phenoxy) is 1. The monoisotopic (exact) mass is 465 g/mol. The fraction of sp³-hybridized carbons (Fsp3) is 0.394. The van der Waals surface area contributed by atoms with Crippen molar-refractivity contribution in [3.8, 4) is 0 Å². The molecule has 1 atom stereocenters. The molecule has 0 radical (unpaired) electrons. The van der Waals surface area contributed by atoms with Crippen LogP contribution in [0.25, 0.3) is 11.8 Å². The third kappa shape index (κ3) is 5.81. The van der Waals surface area contributed by atoms with Crippen LogP contribution in [0.1, 0.15) is 85.6 Å². The molecule has 0 bridgehead atoms. The molecule has 0 saturated heterocycles. The van der Waals surface area contributed by atoms with Gasteiger partial charge in [-0.05, 0) is 72.4 Å². The zero-order chi connectivity index (χ0) is 23.9. The standard InChI is InChI=1S/C33H39NO/c1-2-3-4-5-7-12-25-17-19-26(20-18-25)23-28-21-22-31(35-24-27-13-8-6-9-14-27)33-32(28)29-15-10-11-16-30(29)34-33/h6,8-9,13-14,16-22,28,34H,2-5,7,10-12,15,23-24H2,1H3. The number of H-pyrrole nitrogens is 1. The first-order valence-corrected chi connectivity index (χ1v) is 13.7. The van der Waals surface area contributed by atoms with Crippen LogP contribution < -0.4 is 10.7 Å². The Morgan fingerprint density at radius 3 is 2.51 bits per heavy atom. The van der Waals surface area contributed by atoms with Crippen LogP contribution in [0.3, 0.4) is 0 Å². The first-order valence-electron chi connectivity index (χ1n) is 13.7. The number of hydrogen-bond acceptors (Lipinski definition) is 1. The summed E-state index contributed by atoms with van der Waals surface area (Å²) in [5.41, 5.74) is 7.06. The van der Waals surface area contributed by atoms with Gasteiger partial charge in [-0.25, -0.2) is 0 Å². The van der Waals surface area contributed by atoms with Gasteiger partial charge in [-0.3, -0.25) is 0 Å². The van der Waals surface area contributed by atoms with E-state index in [0.29, 0.717) is 12.5 Å². The second-order valence-corrected chi connectivity index (χ2v) is 10.2. The maximum Gasteiger partial charge on any atom is 0.143 e. The number of allylic oxidation sites excluding steroid dienone is 1. The lowest BCUT2D eigenvalue weighted by molar-refractivity contribution is 0.262. The van der Waals surface area contributed by atoms with E-state index in [1.807, 2.05) is 0 Å². The minimum Gasteiger partial charge on any atom is -0.487 e. The quantitative estimate of drug-likeness (QED) is 0.307. The predicted octanol–water partition coefficient (Wildman–Crippen LogP) is 6.87. The number of unbranched alkanes of at least 4 members (excludes halogenated alkanes) is 4. The predicted molar refractivity (Wildman–Crippen MR) is 147 cm³/mol. The molecule has 0 fully saturated rings. The highest BCUT2D eigenvalue weighted by Gasteiger charge is 2.24. The van der Waals surface area contributed by atoms with Gasteiger partial charge in [0.15, 0.2) is 0 Å². The Morgan fingerprint density at radius 1 is 0.886 bits per heavy atom. The average Bonchev–Trinajstić information content (AvgIpc) is 3.30. The van der Waals surface area contributed by atoms with E-state index >= 15 is 0 Å². The van der Waals surface area contributed by atoms with Gasteiger partial charge in [0.05, 0.1) is 5.35 Å². The Labute approximate surface area is 210 Å². The zero-order valence-corrected chi connectivity index (χ0v) is 21.2. The normalized spacial score (nSPS) is 16.5. The van der Waals surface area contributed by atoms with E-state index < -0.39 is 0 Å². The Balaban J connectivity index is 1.33. The Hall–Kier alpha value is -3.00. The molecule has 2 aromatic carbocycles. The molecule has 182 valence electrons. The van der Waals surface area contributed by atoms with E-state index in [-0.39, 0.29) is 0 Å². The van der Waals surface area contributed by atoms with E-state index in [4.69, 9.17) is 4.74 Å². The van der Waals surface area contributed by atoms with Crippen molar-refractivity contribution in [2.24, 2.45) is 0 Å². The van der Waals surface area contributed by atoms with E-state index in [0.717, 1.165) is 25.0 Å². The Bertz CT molecular complexity index is 1250. The zero-order valence-electron chi connectivity index (χ0n) is 21.2. The molecule has 1 aromatic heterocycles. The van der Waals surface area contributed by atoms with Gasteiger partial charge >= 0.3 is 0 Å². The van der Waals surface area contributed by atoms with Crippen molar-refractivity contribution < 1.29 is 4.74 Å². The second-order valence-electron chi connectivity index (χ2n) is 10.2. The molecule has 0 amide bonds. The van der Waals surface area contributed by atoms with Crippen LogP contribution >= 0.6 is 0 Å². The highest BCUT2D eigenvalue weighted by Crippen LogP contribution is 2.28. The summed E-state index contributed by atoms with van der Waals surface area (Å²) in [4.78, 5) is 3.73. The van der Waals surface area contributed by atoms with E-state index in [1.54, 1.807) is 0 Å². The van der Waals surface area contributed by atoms with Crippen molar-refractivity contribution >= 4 is 11.8 Å². The molecule has 2 heteroatoms. The molecule has 0 saturated carbocycles. The number of aromatic amines is 1. The van der Waals surface area contributed by atoms with Gasteiger partial charge in [-0.1, -0.05) is 99.4 Å². The summed E-state index contributed by atoms with van der Waals surface area (Å²) in [7, 11) is 0. The largest absolute Gasteiger partial charge is 0.487 e. The smallest absolute Gasteiger partial charge is 0.143 e. The number of aromatic nitrogens is 1. The lowest BCUT2D eigenvalue weighted by Gasteiger charge is -2.20. The SMILES string of the molecule is CCCCCCCc1ccc(CC2C=CC(OCc3ccccc3)=c3[nH]c4c(c32)CCCC=4)cc1. The molecule has 2 aliphatic rings. The fourth-order valence-electron chi connectivity index (χ4n) is 5.58. The van der Waals surface area contributed by atoms with Crippen molar-refractivity contribution in [1.29, 1.82) is 0 Å². The molecule has 0 spiro atoms. The molecule has 0 aliphatic heterocycles. The van der Waals surface area contributed by atoms with Crippen LogP contribution in [0.2, 0.25) is 0 Å². The third-order valence-electron chi connectivity index (χ3n) is 7.54. The van der Waals surface area contributed by atoms with E-state index in [2.05, 4.69) is 84.7 Å². The molecular formula is C33H39NO. The van der Waals surface area contributed by atoms with Crippen LogP contribution in [0.4, 0.5) is 0 Å². The summed E-state index contributed by atoms with van der Waals surface area (Å²) in [6.45, 7) is 2.87. The van der Waals surface area contributed by atoms with Gasteiger partial charge in [0, 0.05) is 11.3 Å². The van der Waals surface area contributed by atoms with Gasteiger partial charge in [-0.15, -0.1) is 0 Å². The van der Waals surface area contributed by atoms with Gasteiger partial charge in [0.25, 0.3) is 0 Å². The van der Waals surface area contributed by atoms with Crippen molar-refractivity contribution in [3.63, 3.8) is 0 Å². The molecule has 35 heavy (non-hydrogen) atoms. The first kappa shape index (κ1) is 23.7. The average molecular weight is 466 g/mol. The van der Waals surface area contributed by atoms with Gasteiger partial charge in [0.1, 0.15) is 12.4 Å². The summed E-state index contributed by atoms with van der Waals surface area (Å²) in [6.07, 6.45) is 19.4. The summed E-state index contributed by atoms with van der Waals surface area (Å²) in [5, 5.41) is 2.51. The number of hydrogen-bond donors (Lipinski definition) is 1. The summed E-state index contributed by atoms with van der Waals surface area (Å²) >= 11 is 0. The maximum absolute atomic E-state index is 6.33. The Kier molecular flexibility index (Phi) is 7.88. The molecule has 5 rings (SSSR count). The fourth-order valence-corrected chi connectivity index (χ4v) is 5.58. The molecule has 2 nitrogen and oxygen atoms in total. The van der Waals surface area contributed by atoms with Crippen molar-refractivity contribution in [2.75, 3.05) is 0 Å². The van der Waals surface area contributed by atoms with Crippen LogP contribution in [0.15, 0.2) is 66.7 Å². The summed E-state index contributed by atoms with van der Waals surface area (Å²) < 4.78 is 6.33. The molecule has 1 unspecified atom stereocenters. The molecule has 3 aromatic rings. The number of fused-ring (bicyclic) bond motifs is 3.